The highest BCUT2D eigenvalue weighted by Crippen LogP contribution is 2.19. The molecule has 0 rings (SSSR count). The van der Waals surface area contributed by atoms with Gasteiger partial charge in [-0.3, -0.25) is 9.59 Å². The van der Waals surface area contributed by atoms with Crippen LogP contribution in [-0.4, -0.2) is 47.4 Å². The molecule has 1 amide bonds. The van der Waals surface area contributed by atoms with E-state index in [2.05, 4.69) is 31.3 Å². The lowest BCUT2D eigenvalue weighted by molar-refractivity contribution is -0.143. The van der Waals surface area contributed by atoms with Crippen molar-refractivity contribution in [3.05, 3.63) is 12.2 Å². The van der Waals surface area contributed by atoms with Gasteiger partial charge in [0.2, 0.25) is 5.91 Å². The van der Waals surface area contributed by atoms with E-state index in [4.69, 9.17) is 4.74 Å². The van der Waals surface area contributed by atoms with E-state index in [0.29, 0.717) is 25.9 Å². The fourth-order valence-corrected chi connectivity index (χ4v) is 11.1. The summed E-state index contributed by atoms with van der Waals surface area (Å²) in [5.41, 5.74) is 0. The number of carbonyl (C=O) groups is 2. The highest BCUT2D eigenvalue weighted by Gasteiger charge is 2.20. The van der Waals surface area contributed by atoms with Gasteiger partial charge >= 0.3 is 5.97 Å². The summed E-state index contributed by atoms with van der Waals surface area (Å²) in [6, 6.07) is -0.549. The van der Waals surface area contributed by atoms with Crippen LogP contribution in [0, 0.1) is 0 Å². The first-order valence-electron chi connectivity index (χ1n) is 34.4. The van der Waals surface area contributed by atoms with Crippen LogP contribution in [0.4, 0.5) is 0 Å². The topological polar surface area (TPSA) is 95.9 Å². The lowest BCUT2D eigenvalue weighted by Crippen LogP contribution is -2.45. The second-order valence-corrected chi connectivity index (χ2v) is 23.9. The molecule has 0 heterocycles. The first kappa shape index (κ1) is 73.6. The third kappa shape index (κ3) is 61.7. The second-order valence-electron chi connectivity index (χ2n) is 23.9. The van der Waals surface area contributed by atoms with Crippen molar-refractivity contribution >= 4 is 11.9 Å². The number of amides is 1. The minimum atomic E-state index is -0.671. The molecule has 0 radical (unpaired) electrons. The van der Waals surface area contributed by atoms with Gasteiger partial charge in [0.1, 0.15) is 0 Å². The number of carbonyl (C=O) groups excluding carboxylic acids is 2. The van der Waals surface area contributed by atoms with Crippen molar-refractivity contribution in [1.82, 2.24) is 5.32 Å². The number of ether oxygens (including phenoxy) is 1. The van der Waals surface area contributed by atoms with Crippen molar-refractivity contribution in [2.45, 2.75) is 405 Å². The van der Waals surface area contributed by atoms with Gasteiger partial charge in [0.25, 0.3) is 0 Å². The van der Waals surface area contributed by atoms with Gasteiger partial charge in [0.15, 0.2) is 0 Å². The number of aliphatic hydroxyl groups excluding tert-OH is 2. The van der Waals surface area contributed by atoms with Crippen LogP contribution < -0.4 is 5.32 Å². The molecule has 0 fully saturated rings. The summed E-state index contributed by atoms with van der Waals surface area (Å²) in [6.07, 6.45) is 79.6. The SMILES string of the molecule is CCCCCCCCCCCCCCCCCCCCCCCC(O)C(CO)NC(=O)CCCCCCCCC/C=C\CCCCCCCCCCOC(=O)CCCCCCCCCCCCCCCCCCCC. The Morgan fingerprint density at radius 2 is 0.627 bits per heavy atom. The molecule has 75 heavy (non-hydrogen) atoms. The average molecular weight is 1060 g/mol. The highest BCUT2D eigenvalue weighted by molar-refractivity contribution is 5.76. The van der Waals surface area contributed by atoms with Gasteiger partial charge in [-0.05, 0) is 51.4 Å². The van der Waals surface area contributed by atoms with E-state index in [1.54, 1.807) is 0 Å². The maximum Gasteiger partial charge on any atom is 0.305 e. The second kappa shape index (κ2) is 65.1. The maximum absolute atomic E-state index is 12.5. The number of hydrogen-bond acceptors (Lipinski definition) is 5. The Morgan fingerprint density at radius 3 is 0.947 bits per heavy atom. The molecule has 0 saturated heterocycles. The molecule has 0 bridgehead atoms. The molecule has 0 aromatic heterocycles. The van der Waals surface area contributed by atoms with Crippen molar-refractivity contribution in [3.8, 4) is 0 Å². The Kier molecular flexibility index (Phi) is 63.9. The molecule has 2 atom stereocenters. The van der Waals surface area contributed by atoms with Crippen LogP contribution in [0.15, 0.2) is 12.2 Å². The van der Waals surface area contributed by atoms with Gasteiger partial charge in [-0.15, -0.1) is 0 Å². The number of hydrogen-bond donors (Lipinski definition) is 3. The summed E-state index contributed by atoms with van der Waals surface area (Å²) < 4.78 is 5.50. The number of nitrogens with one attached hydrogen (secondary N) is 1. The first-order valence-corrected chi connectivity index (χ1v) is 34.4. The molecule has 6 heteroatoms. The molecular formula is C69H135NO5. The number of allylic oxidation sites excluding steroid dienone is 2. The van der Waals surface area contributed by atoms with E-state index in [1.165, 1.54) is 321 Å². The molecule has 0 saturated carbocycles. The molecule has 6 nitrogen and oxygen atoms in total. The zero-order valence-corrected chi connectivity index (χ0v) is 51.1. The van der Waals surface area contributed by atoms with Crippen LogP contribution >= 0.6 is 0 Å². The van der Waals surface area contributed by atoms with Crippen LogP contribution in [-0.2, 0) is 14.3 Å². The van der Waals surface area contributed by atoms with Crippen LogP contribution in [0.25, 0.3) is 0 Å². The third-order valence-electron chi connectivity index (χ3n) is 16.3. The summed E-state index contributed by atoms with van der Waals surface area (Å²) in [4.78, 5) is 24.6. The largest absolute Gasteiger partial charge is 0.466 e. The third-order valence-corrected chi connectivity index (χ3v) is 16.3. The lowest BCUT2D eigenvalue weighted by atomic mass is 10.0. The smallest absolute Gasteiger partial charge is 0.305 e. The highest BCUT2D eigenvalue weighted by atomic mass is 16.5. The van der Waals surface area contributed by atoms with Gasteiger partial charge in [0, 0.05) is 12.8 Å². The molecule has 0 aliphatic carbocycles. The minimum Gasteiger partial charge on any atom is -0.466 e. The Hall–Kier alpha value is -1.40. The van der Waals surface area contributed by atoms with Crippen molar-refractivity contribution in [2.24, 2.45) is 0 Å². The lowest BCUT2D eigenvalue weighted by Gasteiger charge is -2.22. The first-order chi connectivity index (χ1) is 37.0. The number of rotatable bonds is 65. The molecule has 0 aromatic carbocycles. The van der Waals surface area contributed by atoms with E-state index in [1.807, 2.05) is 0 Å². The van der Waals surface area contributed by atoms with Crippen molar-refractivity contribution < 1.29 is 24.5 Å². The Labute approximate surface area is 469 Å². The van der Waals surface area contributed by atoms with Gasteiger partial charge in [-0.25, -0.2) is 0 Å². The molecule has 0 spiro atoms. The van der Waals surface area contributed by atoms with E-state index >= 15 is 0 Å². The van der Waals surface area contributed by atoms with E-state index in [0.717, 1.165) is 38.5 Å². The van der Waals surface area contributed by atoms with Crippen molar-refractivity contribution in [1.29, 1.82) is 0 Å². The number of aliphatic hydroxyl groups is 2. The fraction of sp³-hybridized carbons (Fsp3) is 0.942. The van der Waals surface area contributed by atoms with Crippen LogP contribution in [0.2, 0.25) is 0 Å². The van der Waals surface area contributed by atoms with Gasteiger partial charge in [0.05, 0.1) is 25.4 Å². The Balaban J connectivity index is 3.41. The molecule has 2 unspecified atom stereocenters. The minimum absolute atomic E-state index is 0.00964. The zero-order chi connectivity index (χ0) is 54.3. The fourth-order valence-electron chi connectivity index (χ4n) is 11.1. The Bertz CT molecular complexity index is 1130. The summed E-state index contributed by atoms with van der Waals surface area (Å²) >= 11 is 0. The summed E-state index contributed by atoms with van der Waals surface area (Å²) in [6.45, 7) is 4.99. The predicted molar refractivity (Wildman–Crippen MR) is 329 cm³/mol. The zero-order valence-electron chi connectivity index (χ0n) is 51.1. The standard InChI is InChI=1S/C69H135NO5/c1-3-5-7-9-11-13-15-17-19-21-23-24-26-29-33-37-41-45-49-53-57-61-67(72)66(65-71)70-68(73)62-58-54-50-46-42-38-34-30-27-25-28-32-36-40-44-48-52-56-60-64-75-69(74)63-59-55-51-47-43-39-35-31-22-20-18-16-14-12-10-8-6-4-2/h25,27,66-67,71-72H,3-24,26,28-65H2,1-2H3,(H,70,73)/b27-25-. The number of unbranched alkanes of at least 4 members (excludes halogenated alkanes) is 52. The summed E-state index contributed by atoms with van der Waals surface area (Å²) in [7, 11) is 0. The normalized spacial score (nSPS) is 12.5. The molecule has 446 valence electrons. The van der Waals surface area contributed by atoms with Crippen LogP contribution in [0.5, 0.6) is 0 Å². The quantitative estimate of drug-likeness (QED) is 0.0320. The van der Waals surface area contributed by atoms with Gasteiger partial charge in [-0.1, -0.05) is 341 Å². The Morgan fingerprint density at radius 1 is 0.360 bits per heavy atom. The molecular weight excluding hydrogens is 923 g/mol. The van der Waals surface area contributed by atoms with Crippen LogP contribution in [0.1, 0.15) is 393 Å². The van der Waals surface area contributed by atoms with E-state index in [9.17, 15) is 19.8 Å². The van der Waals surface area contributed by atoms with E-state index < -0.39 is 12.1 Å². The summed E-state index contributed by atoms with van der Waals surface area (Å²) in [5, 5.41) is 23.4. The summed E-state index contributed by atoms with van der Waals surface area (Å²) in [5.74, 6) is -0.0303. The number of esters is 1. The van der Waals surface area contributed by atoms with Crippen molar-refractivity contribution in [3.63, 3.8) is 0 Å². The molecule has 0 aromatic rings. The van der Waals surface area contributed by atoms with Crippen molar-refractivity contribution in [2.75, 3.05) is 13.2 Å². The average Bonchev–Trinajstić information content (AvgIpc) is 3.41. The van der Waals surface area contributed by atoms with Gasteiger partial charge < -0.3 is 20.3 Å². The maximum atomic E-state index is 12.5. The van der Waals surface area contributed by atoms with Gasteiger partial charge in [-0.2, -0.15) is 0 Å². The molecule has 0 aliphatic rings. The van der Waals surface area contributed by atoms with Crippen LogP contribution in [0.3, 0.4) is 0 Å². The molecule has 0 aliphatic heterocycles. The predicted octanol–water partition coefficient (Wildman–Crippen LogP) is 22.0. The molecule has 3 N–H and O–H groups in total. The van der Waals surface area contributed by atoms with E-state index in [-0.39, 0.29) is 18.5 Å². The monoisotopic (exact) mass is 1060 g/mol.